The summed E-state index contributed by atoms with van der Waals surface area (Å²) in [4.78, 5) is 33.1. The summed E-state index contributed by atoms with van der Waals surface area (Å²) in [5.74, 6) is 0.251. The zero-order valence-corrected chi connectivity index (χ0v) is 20.5. The number of nitrogens with one attached hydrogen (secondary N) is 1. The third kappa shape index (κ3) is 5.63. The lowest BCUT2D eigenvalue weighted by atomic mass is 9.84. The van der Waals surface area contributed by atoms with Gasteiger partial charge in [0.05, 0.1) is 5.69 Å². The maximum atomic E-state index is 13.2. The standard InChI is InChI=1S/C26H28ClN3O2S/c1-17(24(31)28-16-19-7-6-10-22(27)15-19)20-11-13-30(14-12-20)26(32)23-18(2)29-25(33-23)21-8-4-3-5-9-21/h3-10,15,17,20H,11-14,16H2,1-2H3,(H,28,31). The normalized spacial score (nSPS) is 15.3. The van der Waals surface area contributed by atoms with E-state index in [9.17, 15) is 9.59 Å². The SMILES string of the molecule is Cc1nc(-c2ccccc2)sc1C(=O)N1CCC(C(C)C(=O)NCc2cccc(Cl)c2)CC1. The molecule has 5 nitrogen and oxygen atoms in total. The van der Waals surface area contributed by atoms with Gasteiger partial charge >= 0.3 is 0 Å². The number of nitrogens with zero attached hydrogens (tertiary/aromatic N) is 2. The first-order chi connectivity index (χ1) is 15.9. The van der Waals surface area contributed by atoms with Gasteiger partial charge in [0, 0.05) is 36.1 Å². The molecule has 1 saturated heterocycles. The molecule has 1 atom stereocenters. The van der Waals surface area contributed by atoms with E-state index in [-0.39, 0.29) is 23.7 Å². The average Bonchev–Trinajstić information content (AvgIpc) is 3.24. The first kappa shape index (κ1) is 23.5. The van der Waals surface area contributed by atoms with Crippen molar-refractivity contribution >= 4 is 34.8 Å². The molecule has 0 bridgehead atoms. The molecule has 0 radical (unpaired) electrons. The van der Waals surface area contributed by atoms with E-state index in [0.29, 0.717) is 29.5 Å². The minimum absolute atomic E-state index is 0.0451. The van der Waals surface area contributed by atoms with E-state index in [1.807, 2.05) is 73.3 Å². The number of likely N-dealkylation sites (tertiary alicyclic amines) is 1. The van der Waals surface area contributed by atoms with Crippen LogP contribution >= 0.6 is 22.9 Å². The number of hydrogen-bond donors (Lipinski definition) is 1. The van der Waals surface area contributed by atoms with Gasteiger partial charge < -0.3 is 10.2 Å². The molecule has 0 saturated carbocycles. The first-order valence-electron chi connectivity index (χ1n) is 11.3. The van der Waals surface area contributed by atoms with Crippen LogP contribution in [0.1, 0.15) is 40.7 Å². The van der Waals surface area contributed by atoms with Gasteiger partial charge in [0.1, 0.15) is 9.88 Å². The maximum Gasteiger partial charge on any atom is 0.265 e. The van der Waals surface area contributed by atoms with Crippen molar-refractivity contribution < 1.29 is 9.59 Å². The Bertz CT molecular complexity index is 1120. The van der Waals surface area contributed by atoms with Crippen molar-refractivity contribution in [2.45, 2.75) is 33.2 Å². The second kappa shape index (κ2) is 10.5. The number of benzene rings is 2. The number of amides is 2. The molecule has 172 valence electrons. The Kier molecular flexibility index (Phi) is 7.46. The summed E-state index contributed by atoms with van der Waals surface area (Å²) < 4.78 is 0. The second-order valence-electron chi connectivity index (χ2n) is 8.57. The molecule has 2 aromatic carbocycles. The summed E-state index contributed by atoms with van der Waals surface area (Å²) in [5.41, 5.74) is 2.79. The van der Waals surface area contributed by atoms with Crippen LogP contribution in [0.5, 0.6) is 0 Å². The van der Waals surface area contributed by atoms with Crippen molar-refractivity contribution in [1.82, 2.24) is 15.2 Å². The molecular formula is C26H28ClN3O2S. The Morgan fingerprint density at radius 2 is 1.88 bits per heavy atom. The molecule has 1 aliphatic heterocycles. The van der Waals surface area contributed by atoms with E-state index in [0.717, 1.165) is 34.7 Å². The molecular weight excluding hydrogens is 454 g/mol. The lowest BCUT2D eigenvalue weighted by Gasteiger charge is -2.34. The number of halogens is 1. The topological polar surface area (TPSA) is 62.3 Å². The molecule has 2 heterocycles. The van der Waals surface area contributed by atoms with Crippen LogP contribution in [0.15, 0.2) is 54.6 Å². The van der Waals surface area contributed by atoms with Gasteiger partial charge in [0.25, 0.3) is 5.91 Å². The molecule has 1 N–H and O–H groups in total. The minimum atomic E-state index is -0.101. The monoisotopic (exact) mass is 481 g/mol. The zero-order chi connectivity index (χ0) is 23.4. The van der Waals surface area contributed by atoms with Gasteiger partial charge in [-0.15, -0.1) is 11.3 Å². The molecule has 1 unspecified atom stereocenters. The number of piperidine rings is 1. The lowest BCUT2D eigenvalue weighted by Crippen LogP contribution is -2.42. The summed E-state index contributed by atoms with van der Waals surface area (Å²) in [5, 5.41) is 4.56. The highest BCUT2D eigenvalue weighted by Gasteiger charge is 2.31. The molecule has 0 aliphatic carbocycles. The Morgan fingerprint density at radius 1 is 1.15 bits per heavy atom. The zero-order valence-electron chi connectivity index (χ0n) is 18.9. The number of aryl methyl sites for hydroxylation is 1. The van der Waals surface area contributed by atoms with Gasteiger partial charge in [-0.2, -0.15) is 0 Å². The van der Waals surface area contributed by atoms with Gasteiger partial charge in [0.2, 0.25) is 5.91 Å². The van der Waals surface area contributed by atoms with Crippen LogP contribution in [0.25, 0.3) is 10.6 Å². The van der Waals surface area contributed by atoms with Crippen molar-refractivity contribution in [2.75, 3.05) is 13.1 Å². The molecule has 1 fully saturated rings. The summed E-state index contributed by atoms with van der Waals surface area (Å²) in [6.07, 6.45) is 1.64. The molecule has 33 heavy (non-hydrogen) atoms. The van der Waals surface area contributed by atoms with E-state index in [4.69, 9.17) is 11.6 Å². The predicted molar refractivity (Wildman–Crippen MR) is 133 cm³/mol. The third-order valence-electron chi connectivity index (χ3n) is 6.31. The highest BCUT2D eigenvalue weighted by atomic mass is 35.5. The molecule has 3 aromatic rings. The fourth-order valence-corrected chi connectivity index (χ4v) is 5.51. The van der Waals surface area contributed by atoms with Crippen molar-refractivity contribution in [1.29, 1.82) is 0 Å². The Hall–Kier alpha value is -2.70. The highest BCUT2D eigenvalue weighted by Crippen LogP contribution is 2.31. The van der Waals surface area contributed by atoms with Gasteiger partial charge in [-0.3, -0.25) is 9.59 Å². The largest absolute Gasteiger partial charge is 0.352 e. The molecule has 2 amide bonds. The number of thiazole rings is 1. The van der Waals surface area contributed by atoms with Crippen LogP contribution in [0.3, 0.4) is 0 Å². The second-order valence-corrected chi connectivity index (χ2v) is 10.0. The Labute approximate surface area is 203 Å². The predicted octanol–water partition coefficient (Wildman–Crippen LogP) is 5.58. The smallest absolute Gasteiger partial charge is 0.265 e. The summed E-state index contributed by atoms with van der Waals surface area (Å²) >= 11 is 7.48. The molecule has 1 aliphatic rings. The van der Waals surface area contributed by atoms with E-state index in [2.05, 4.69) is 10.3 Å². The van der Waals surface area contributed by atoms with Crippen molar-refractivity contribution in [3.05, 3.63) is 75.8 Å². The van der Waals surface area contributed by atoms with Crippen molar-refractivity contribution in [2.24, 2.45) is 11.8 Å². The van der Waals surface area contributed by atoms with E-state index < -0.39 is 0 Å². The number of carbonyl (C=O) groups excluding carboxylic acids is 2. The van der Waals surface area contributed by atoms with E-state index in [1.165, 1.54) is 11.3 Å². The average molecular weight is 482 g/mol. The van der Waals surface area contributed by atoms with Crippen LogP contribution in [-0.4, -0.2) is 34.8 Å². The van der Waals surface area contributed by atoms with Crippen LogP contribution in [0, 0.1) is 18.8 Å². The summed E-state index contributed by atoms with van der Waals surface area (Å²) in [7, 11) is 0. The Balaban J connectivity index is 1.31. The molecule has 4 rings (SSSR count). The third-order valence-corrected chi connectivity index (χ3v) is 7.74. The minimum Gasteiger partial charge on any atom is -0.352 e. The molecule has 0 spiro atoms. The van der Waals surface area contributed by atoms with Crippen LogP contribution in [0.4, 0.5) is 0 Å². The van der Waals surface area contributed by atoms with Gasteiger partial charge in [-0.1, -0.05) is 61.0 Å². The van der Waals surface area contributed by atoms with Crippen LogP contribution < -0.4 is 5.32 Å². The first-order valence-corrected chi connectivity index (χ1v) is 12.5. The maximum absolute atomic E-state index is 13.2. The molecule has 1 aromatic heterocycles. The number of hydrogen-bond acceptors (Lipinski definition) is 4. The van der Waals surface area contributed by atoms with Gasteiger partial charge in [-0.05, 0) is 43.4 Å². The Morgan fingerprint density at radius 3 is 2.58 bits per heavy atom. The van der Waals surface area contributed by atoms with Crippen LogP contribution in [-0.2, 0) is 11.3 Å². The quantitative estimate of drug-likeness (QED) is 0.500. The van der Waals surface area contributed by atoms with Crippen LogP contribution in [0.2, 0.25) is 5.02 Å². The van der Waals surface area contributed by atoms with E-state index >= 15 is 0 Å². The highest BCUT2D eigenvalue weighted by molar-refractivity contribution is 7.17. The van der Waals surface area contributed by atoms with Crippen molar-refractivity contribution in [3.8, 4) is 10.6 Å². The van der Waals surface area contributed by atoms with Gasteiger partial charge in [0.15, 0.2) is 0 Å². The number of aromatic nitrogens is 1. The number of rotatable bonds is 6. The summed E-state index contributed by atoms with van der Waals surface area (Å²) in [6, 6.07) is 17.5. The fraction of sp³-hybridized carbons (Fsp3) is 0.346. The summed E-state index contributed by atoms with van der Waals surface area (Å²) in [6.45, 7) is 5.67. The van der Waals surface area contributed by atoms with Gasteiger partial charge in [-0.25, -0.2) is 4.98 Å². The van der Waals surface area contributed by atoms with E-state index in [1.54, 1.807) is 0 Å². The fourth-order valence-electron chi connectivity index (χ4n) is 4.26. The lowest BCUT2D eigenvalue weighted by molar-refractivity contribution is -0.126. The number of carbonyl (C=O) groups is 2. The molecule has 7 heteroatoms. The van der Waals surface area contributed by atoms with Crippen molar-refractivity contribution in [3.63, 3.8) is 0 Å².